The molecular formula is C12H15N5O. The molecule has 0 radical (unpaired) electrons. The summed E-state index contributed by atoms with van der Waals surface area (Å²) < 4.78 is 7.11. The summed E-state index contributed by atoms with van der Waals surface area (Å²) in [6.45, 7) is 1.45. The minimum atomic E-state index is 0.254. The molecule has 6 nitrogen and oxygen atoms in total. The average Bonchev–Trinajstić information content (AvgIpc) is 2.98. The van der Waals surface area contributed by atoms with Gasteiger partial charge in [-0.25, -0.2) is 9.97 Å². The predicted molar refractivity (Wildman–Crippen MR) is 66.8 cm³/mol. The Bertz CT molecular complexity index is 559. The largest absolute Gasteiger partial charge is 0.384 e. The molecule has 0 spiro atoms. The second-order valence-corrected chi connectivity index (χ2v) is 4.50. The van der Waals surface area contributed by atoms with Crippen LogP contribution in [0.4, 0.5) is 5.82 Å². The van der Waals surface area contributed by atoms with Crippen molar-refractivity contribution in [3.05, 3.63) is 24.3 Å². The zero-order valence-electron chi connectivity index (χ0n) is 10.2. The third kappa shape index (κ3) is 2.06. The van der Waals surface area contributed by atoms with Crippen LogP contribution in [0.1, 0.15) is 18.2 Å². The molecule has 2 aromatic heterocycles. The van der Waals surface area contributed by atoms with E-state index in [2.05, 4.69) is 15.1 Å². The van der Waals surface area contributed by atoms with Crippen LogP contribution in [-0.2, 0) is 11.8 Å². The Balaban J connectivity index is 1.99. The highest BCUT2D eigenvalue weighted by atomic mass is 16.5. The molecule has 18 heavy (non-hydrogen) atoms. The molecule has 2 N–H and O–H groups in total. The van der Waals surface area contributed by atoms with Crippen LogP contribution in [-0.4, -0.2) is 33.0 Å². The van der Waals surface area contributed by atoms with Crippen LogP contribution < -0.4 is 5.73 Å². The molecule has 0 amide bonds. The fraction of sp³-hybridized carbons (Fsp3) is 0.417. The van der Waals surface area contributed by atoms with E-state index < -0.39 is 0 Å². The van der Waals surface area contributed by atoms with Crippen molar-refractivity contribution in [2.75, 3.05) is 18.9 Å². The van der Waals surface area contributed by atoms with E-state index in [0.29, 0.717) is 12.4 Å². The highest BCUT2D eigenvalue weighted by molar-refractivity contribution is 5.60. The Kier molecular flexibility index (Phi) is 2.71. The first-order chi connectivity index (χ1) is 8.72. The summed E-state index contributed by atoms with van der Waals surface area (Å²) >= 11 is 0. The molecule has 1 aliphatic heterocycles. The van der Waals surface area contributed by atoms with Crippen molar-refractivity contribution in [3.63, 3.8) is 0 Å². The van der Waals surface area contributed by atoms with Crippen LogP contribution in [0.15, 0.2) is 18.5 Å². The minimum absolute atomic E-state index is 0.254. The topological polar surface area (TPSA) is 78.9 Å². The number of aromatic nitrogens is 4. The predicted octanol–water partition coefficient (Wildman–Crippen LogP) is 0.963. The molecule has 94 valence electrons. The summed E-state index contributed by atoms with van der Waals surface area (Å²) in [6, 6.07) is 1.77. The van der Waals surface area contributed by atoms with Crippen molar-refractivity contribution >= 4 is 5.82 Å². The minimum Gasteiger partial charge on any atom is -0.384 e. The fourth-order valence-corrected chi connectivity index (χ4v) is 2.11. The summed E-state index contributed by atoms with van der Waals surface area (Å²) in [5.41, 5.74) is 7.62. The SMILES string of the molecule is Cn1cc(-c2cc(N)nc(C3CCOC3)n2)cn1. The molecular weight excluding hydrogens is 230 g/mol. The summed E-state index contributed by atoms with van der Waals surface area (Å²) in [6.07, 6.45) is 4.64. The summed E-state index contributed by atoms with van der Waals surface area (Å²) in [7, 11) is 1.87. The third-order valence-corrected chi connectivity index (χ3v) is 3.06. The lowest BCUT2D eigenvalue weighted by Crippen LogP contribution is -2.07. The molecule has 3 rings (SSSR count). The maximum absolute atomic E-state index is 5.85. The van der Waals surface area contributed by atoms with E-state index >= 15 is 0 Å². The molecule has 3 heterocycles. The number of aryl methyl sites for hydroxylation is 1. The van der Waals surface area contributed by atoms with Gasteiger partial charge in [-0.1, -0.05) is 0 Å². The highest BCUT2D eigenvalue weighted by Gasteiger charge is 2.21. The van der Waals surface area contributed by atoms with Gasteiger partial charge in [-0.15, -0.1) is 0 Å². The third-order valence-electron chi connectivity index (χ3n) is 3.06. The smallest absolute Gasteiger partial charge is 0.136 e. The van der Waals surface area contributed by atoms with Crippen molar-refractivity contribution < 1.29 is 4.74 Å². The average molecular weight is 245 g/mol. The number of rotatable bonds is 2. The van der Waals surface area contributed by atoms with E-state index in [-0.39, 0.29) is 5.92 Å². The summed E-state index contributed by atoms with van der Waals surface area (Å²) in [4.78, 5) is 8.88. The Morgan fingerprint density at radius 1 is 1.44 bits per heavy atom. The number of nitrogen functional groups attached to an aromatic ring is 1. The Hall–Kier alpha value is -1.95. The molecule has 1 saturated heterocycles. The number of ether oxygens (including phenoxy) is 1. The van der Waals surface area contributed by atoms with Crippen molar-refractivity contribution in [2.24, 2.45) is 7.05 Å². The lowest BCUT2D eigenvalue weighted by Gasteiger charge is -2.08. The van der Waals surface area contributed by atoms with Crippen LogP contribution in [0.5, 0.6) is 0 Å². The van der Waals surface area contributed by atoms with E-state index in [0.717, 1.165) is 30.1 Å². The molecule has 1 atom stereocenters. The first-order valence-electron chi connectivity index (χ1n) is 5.93. The van der Waals surface area contributed by atoms with Crippen LogP contribution >= 0.6 is 0 Å². The number of nitrogens with zero attached hydrogens (tertiary/aromatic N) is 4. The monoisotopic (exact) mass is 245 g/mol. The zero-order chi connectivity index (χ0) is 12.5. The first kappa shape index (κ1) is 11.2. The highest BCUT2D eigenvalue weighted by Crippen LogP contribution is 2.25. The second-order valence-electron chi connectivity index (χ2n) is 4.50. The maximum atomic E-state index is 5.85. The Morgan fingerprint density at radius 2 is 2.33 bits per heavy atom. The second kappa shape index (κ2) is 4.38. The number of hydrogen-bond acceptors (Lipinski definition) is 5. The maximum Gasteiger partial charge on any atom is 0.136 e. The van der Waals surface area contributed by atoms with Gasteiger partial charge in [-0.2, -0.15) is 5.10 Å². The van der Waals surface area contributed by atoms with Crippen LogP contribution in [0.2, 0.25) is 0 Å². The Morgan fingerprint density at radius 3 is 3.00 bits per heavy atom. The molecule has 0 bridgehead atoms. The molecule has 2 aromatic rings. The molecule has 6 heteroatoms. The van der Waals surface area contributed by atoms with Gasteiger partial charge in [-0.05, 0) is 6.42 Å². The summed E-state index contributed by atoms with van der Waals surface area (Å²) in [5, 5.41) is 4.14. The normalized spacial score (nSPS) is 19.3. The van der Waals surface area contributed by atoms with Crippen molar-refractivity contribution in [3.8, 4) is 11.3 Å². The standard InChI is InChI=1S/C12H15N5O/c1-17-6-9(5-14-17)10-4-11(13)16-12(15-10)8-2-3-18-7-8/h4-6,8H,2-3,7H2,1H3,(H2,13,15,16). The van der Waals surface area contributed by atoms with E-state index in [1.165, 1.54) is 0 Å². The molecule has 0 aliphatic carbocycles. The quantitative estimate of drug-likeness (QED) is 0.852. The first-order valence-corrected chi connectivity index (χ1v) is 5.93. The van der Waals surface area contributed by atoms with E-state index in [4.69, 9.17) is 10.5 Å². The molecule has 0 saturated carbocycles. The van der Waals surface area contributed by atoms with Gasteiger partial charge in [0.15, 0.2) is 0 Å². The van der Waals surface area contributed by atoms with Gasteiger partial charge in [0.25, 0.3) is 0 Å². The lowest BCUT2D eigenvalue weighted by molar-refractivity contribution is 0.193. The van der Waals surface area contributed by atoms with Crippen LogP contribution in [0.3, 0.4) is 0 Å². The van der Waals surface area contributed by atoms with Gasteiger partial charge in [0.05, 0.1) is 18.5 Å². The molecule has 0 aromatic carbocycles. The van der Waals surface area contributed by atoms with E-state index in [1.54, 1.807) is 16.9 Å². The zero-order valence-corrected chi connectivity index (χ0v) is 10.2. The van der Waals surface area contributed by atoms with Crippen LogP contribution in [0, 0.1) is 0 Å². The lowest BCUT2D eigenvalue weighted by atomic mass is 10.1. The number of nitrogens with two attached hydrogens (primary N) is 1. The summed E-state index contributed by atoms with van der Waals surface area (Å²) in [5.74, 6) is 1.51. The van der Waals surface area contributed by atoms with Gasteiger partial charge in [0.1, 0.15) is 11.6 Å². The van der Waals surface area contributed by atoms with Gasteiger partial charge in [-0.3, -0.25) is 4.68 Å². The Labute approximate surface area is 105 Å². The van der Waals surface area contributed by atoms with Gasteiger partial charge >= 0.3 is 0 Å². The van der Waals surface area contributed by atoms with Crippen LogP contribution in [0.25, 0.3) is 11.3 Å². The van der Waals surface area contributed by atoms with Crippen molar-refractivity contribution in [1.82, 2.24) is 19.7 Å². The van der Waals surface area contributed by atoms with Gasteiger partial charge in [0.2, 0.25) is 0 Å². The number of hydrogen-bond donors (Lipinski definition) is 1. The fourth-order valence-electron chi connectivity index (χ4n) is 2.11. The van der Waals surface area contributed by atoms with Crippen molar-refractivity contribution in [2.45, 2.75) is 12.3 Å². The van der Waals surface area contributed by atoms with Crippen molar-refractivity contribution in [1.29, 1.82) is 0 Å². The number of anilines is 1. The van der Waals surface area contributed by atoms with E-state index in [9.17, 15) is 0 Å². The van der Waals surface area contributed by atoms with E-state index in [1.807, 2.05) is 13.2 Å². The molecule has 1 aliphatic rings. The molecule has 1 fully saturated rings. The van der Waals surface area contributed by atoms with Gasteiger partial charge < -0.3 is 10.5 Å². The molecule has 1 unspecified atom stereocenters. The van der Waals surface area contributed by atoms with Gasteiger partial charge in [0, 0.05) is 37.4 Å².